The molecule has 0 fully saturated rings. The number of amides is 1. The SMILES string of the molecule is O=C(Cc1ccc(Cl)cc1)N/N=C\c1ccc(C(=O)[O-])cc1. The first-order chi connectivity index (χ1) is 10.5. The maximum atomic E-state index is 11.7. The van der Waals surface area contributed by atoms with Crippen LogP contribution in [0.15, 0.2) is 53.6 Å². The van der Waals surface area contributed by atoms with E-state index in [9.17, 15) is 14.7 Å². The van der Waals surface area contributed by atoms with Crippen LogP contribution in [0.25, 0.3) is 0 Å². The van der Waals surface area contributed by atoms with Gasteiger partial charge in [-0.25, -0.2) is 5.43 Å². The quantitative estimate of drug-likeness (QED) is 0.669. The first-order valence-electron chi connectivity index (χ1n) is 6.42. The first kappa shape index (κ1) is 15.7. The van der Waals surface area contributed by atoms with Crippen molar-refractivity contribution in [2.75, 3.05) is 0 Å². The highest BCUT2D eigenvalue weighted by molar-refractivity contribution is 6.30. The zero-order valence-corrected chi connectivity index (χ0v) is 12.2. The number of nitrogens with one attached hydrogen (secondary N) is 1. The molecule has 1 amide bonds. The molecule has 2 aromatic carbocycles. The van der Waals surface area contributed by atoms with Gasteiger partial charge in [0.05, 0.1) is 18.6 Å². The van der Waals surface area contributed by atoms with Gasteiger partial charge in [-0.05, 0) is 28.8 Å². The lowest BCUT2D eigenvalue weighted by molar-refractivity contribution is -0.255. The number of carboxylic acid groups (broad SMARTS) is 1. The van der Waals surface area contributed by atoms with E-state index < -0.39 is 5.97 Å². The number of carboxylic acids is 1. The molecule has 0 bridgehead atoms. The molecule has 2 aromatic rings. The molecule has 6 heteroatoms. The van der Waals surface area contributed by atoms with Gasteiger partial charge in [0.15, 0.2) is 0 Å². The van der Waals surface area contributed by atoms with Crippen LogP contribution in [-0.4, -0.2) is 18.1 Å². The number of halogens is 1. The number of hydrogen-bond acceptors (Lipinski definition) is 4. The molecule has 0 saturated heterocycles. The van der Waals surface area contributed by atoms with Gasteiger partial charge in [0.1, 0.15) is 0 Å². The van der Waals surface area contributed by atoms with Crippen molar-refractivity contribution in [2.24, 2.45) is 5.10 Å². The summed E-state index contributed by atoms with van der Waals surface area (Å²) in [4.78, 5) is 22.3. The van der Waals surface area contributed by atoms with Crippen molar-refractivity contribution in [3.05, 3.63) is 70.2 Å². The fourth-order valence-electron chi connectivity index (χ4n) is 1.71. The highest BCUT2D eigenvalue weighted by Crippen LogP contribution is 2.09. The molecule has 0 spiro atoms. The summed E-state index contributed by atoms with van der Waals surface area (Å²) in [5.41, 5.74) is 3.98. The summed E-state index contributed by atoms with van der Waals surface area (Å²) in [5, 5.41) is 15.0. The highest BCUT2D eigenvalue weighted by Gasteiger charge is 2.01. The molecule has 0 radical (unpaired) electrons. The van der Waals surface area contributed by atoms with Crippen LogP contribution < -0.4 is 10.5 Å². The second kappa shape index (κ2) is 7.38. The third-order valence-electron chi connectivity index (χ3n) is 2.83. The second-order valence-electron chi connectivity index (χ2n) is 4.51. The Labute approximate surface area is 132 Å². The molecule has 112 valence electrons. The molecule has 0 aliphatic heterocycles. The third-order valence-corrected chi connectivity index (χ3v) is 3.08. The summed E-state index contributed by atoms with van der Waals surface area (Å²) in [7, 11) is 0. The van der Waals surface area contributed by atoms with Gasteiger partial charge < -0.3 is 9.90 Å². The van der Waals surface area contributed by atoms with Gasteiger partial charge >= 0.3 is 0 Å². The molecule has 0 unspecified atom stereocenters. The highest BCUT2D eigenvalue weighted by atomic mass is 35.5. The Morgan fingerprint density at radius 1 is 1.09 bits per heavy atom. The fourth-order valence-corrected chi connectivity index (χ4v) is 1.84. The minimum Gasteiger partial charge on any atom is -0.545 e. The predicted octanol–water partition coefficient (Wildman–Crippen LogP) is 1.40. The van der Waals surface area contributed by atoms with E-state index in [2.05, 4.69) is 10.5 Å². The van der Waals surface area contributed by atoms with E-state index in [1.54, 1.807) is 36.4 Å². The van der Waals surface area contributed by atoms with Crippen LogP contribution in [0.1, 0.15) is 21.5 Å². The normalized spacial score (nSPS) is 10.6. The molecule has 0 aromatic heterocycles. The van der Waals surface area contributed by atoms with Crippen molar-refractivity contribution in [3.8, 4) is 0 Å². The van der Waals surface area contributed by atoms with Crippen molar-refractivity contribution < 1.29 is 14.7 Å². The number of rotatable bonds is 5. The molecule has 1 N–H and O–H groups in total. The van der Waals surface area contributed by atoms with Gasteiger partial charge in [0, 0.05) is 5.02 Å². The molecule has 2 rings (SSSR count). The zero-order chi connectivity index (χ0) is 15.9. The third kappa shape index (κ3) is 4.71. The van der Waals surface area contributed by atoms with Crippen molar-refractivity contribution in [3.63, 3.8) is 0 Å². The number of carbonyl (C=O) groups is 2. The van der Waals surface area contributed by atoms with Crippen molar-refractivity contribution >= 4 is 29.7 Å². The minimum absolute atomic E-state index is 0.0870. The lowest BCUT2D eigenvalue weighted by atomic mass is 10.1. The summed E-state index contributed by atoms with van der Waals surface area (Å²) in [5.74, 6) is -1.50. The van der Waals surface area contributed by atoms with Gasteiger partial charge in [-0.3, -0.25) is 4.79 Å². The summed E-state index contributed by atoms with van der Waals surface area (Å²) >= 11 is 5.77. The van der Waals surface area contributed by atoms with E-state index in [1.165, 1.54) is 18.3 Å². The molecule has 22 heavy (non-hydrogen) atoms. The summed E-state index contributed by atoms with van der Waals surface area (Å²) in [6.45, 7) is 0. The second-order valence-corrected chi connectivity index (χ2v) is 4.94. The topological polar surface area (TPSA) is 81.6 Å². The smallest absolute Gasteiger partial charge is 0.244 e. The van der Waals surface area contributed by atoms with Crippen molar-refractivity contribution in [1.82, 2.24) is 5.43 Å². The van der Waals surface area contributed by atoms with E-state index in [1.807, 2.05) is 0 Å². The van der Waals surface area contributed by atoms with Crippen LogP contribution in [0.4, 0.5) is 0 Å². The van der Waals surface area contributed by atoms with E-state index in [0.29, 0.717) is 10.6 Å². The largest absolute Gasteiger partial charge is 0.545 e. The van der Waals surface area contributed by atoms with Gasteiger partial charge in [-0.15, -0.1) is 0 Å². The molecule has 0 heterocycles. The standard InChI is InChI=1S/C16H13ClN2O3/c17-14-7-3-11(4-8-14)9-15(20)19-18-10-12-1-5-13(6-2-12)16(21)22/h1-8,10H,9H2,(H,19,20)(H,21,22)/p-1/b18-10-. The number of benzene rings is 2. The summed E-state index contributed by atoms with van der Waals surface area (Å²) < 4.78 is 0. The van der Waals surface area contributed by atoms with E-state index in [0.717, 1.165) is 5.56 Å². The Bertz CT molecular complexity index is 694. The van der Waals surface area contributed by atoms with Crippen molar-refractivity contribution in [1.29, 1.82) is 0 Å². The lowest BCUT2D eigenvalue weighted by Crippen LogP contribution is -2.22. The van der Waals surface area contributed by atoms with Gasteiger partial charge in [-0.1, -0.05) is 48.0 Å². The lowest BCUT2D eigenvalue weighted by Gasteiger charge is -2.02. The van der Waals surface area contributed by atoms with Crippen molar-refractivity contribution in [2.45, 2.75) is 6.42 Å². The molecule has 5 nitrogen and oxygen atoms in total. The first-order valence-corrected chi connectivity index (χ1v) is 6.80. The van der Waals surface area contributed by atoms with Crippen LogP contribution in [-0.2, 0) is 11.2 Å². The predicted molar refractivity (Wildman–Crippen MR) is 81.7 cm³/mol. The number of carbonyl (C=O) groups excluding carboxylic acids is 2. The Kier molecular flexibility index (Phi) is 5.27. The Balaban J connectivity index is 1.87. The average Bonchev–Trinajstić information content (AvgIpc) is 2.50. The molecule has 0 atom stereocenters. The number of hydrazone groups is 1. The molecule has 0 saturated carbocycles. The molecular weight excluding hydrogens is 304 g/mol. The summed E-state index contributed by atoms with van der Waals surface area (Å²) in [6.07, 6.45) is 1.62. The molecular formula is C16H12ClN2O3-. The summed E-state index contributed by atoms with van der Waals surface area (Å²) in [6, 6.07) is 12.9. The van der Waals surface area contributed by atoms with Crippen LogP contribution in [0, 0.1) is 0 Å². The monoisotopic (exact) mass is 315 g/mol. The van der Waals surface area contributed by atoms with Crippen LogP contribution in [0.5, 0.6) is 0 Å². The van der Waals surface area contributed by atoms with E-state index in [4.69, 9.17) is 11.6 Å². The maximum absolute atomic E-state index is 11.7. The Morgan fingerprint density at radius 3 is 2.32 bits per heavy atom. The molecule has 0 aliphatic carbocycles. The van der Waals surface area contributed by atoms with E-state index >= 15 is 0 Å². The maximum Gasteiger partial charge on any atom is 0.244 e. The van der Waals surface area contributed by atoms with Gasteiger partial charge in [-0.2, -0.15) is 5.10 Å². The minimum atomic E-state index is -1.24. The van der Waals surface area contributed by atoms with E-state index in [-0.39, 0.29) is 17.9 Å². The van der Waals surface area contributed by atoms with Gasteiger partial charge in [0.2, 0.25) is 5.91 Å². The number of aromatic carboxylic acids is 1. The molecule has 0 aliphatic rings. The number of hydrogen-bond donors (Lipinski definition) is 1. The van der Waals surface area contributed by atoms with Crippen LogP contribution in [0.2, 0.25) is 5.02 Å². The Morgan fingerprint density at radius 2 is 1.73 bits per heavy atom. The number of nitrogens with zero attached hydrogens (tertiary/aromatic N) is 1. The fraction of sp³-hybridized carbons (Fsp3) is 0.0625. The Hall–Kier alpha value is -2.66. The average molecular weight is 316 g/mol. The van der Waals surface area contributed by atoms with Crippen LogP contribution >= 0.6 is 11.6 Å². The van der Waals surface area contributed by atoms with Gasteiger partial charge in [0.25, 0.3) is 0 Å². The van der Waals surface area contributed by atoms with Crippen LogP contribution in [0.3, 0.4) is 0 Å². The zero-order valence-electron chi connectivity index (χ0n) is 11.5.